The van der Waals surface area contributed by atoms with Crippen molar-refractivity contribution in [3.63, 3.8) is 0 Å². The molecular formula is C32H42N6O9. The summed E-state index contributed by atoms with van der Waals surface area (Å²) in [5.41, 5.74) is 9.38. The Morgan fingerprint density at radius 2 is 1.55 bits per heavy atom. The van der Waals surface area contributed by atoms with Crippen LogP contribution in [0.3, 0.4) is 0 Å². The molecule has 1 aliphatic rings. The van der Waals surface area contributed by atoms with Gasteiger partial charge in [-0.2, -0.15) is 0 Å². The highest BCUT2D eigenvalue weighted by Crippen LogP contribution is 2.24. The van der Waals surface area contributed by atoms with Crippen LogP contribution in [0.4, 0.5) is 0 Å². The summed E-state index contributed by atoms with van der Waals surface area (Å²) in [5.74, 6) is -5.60. The van der Waals surface area contributed by atoms with Gasteiger partial charge in [0.2, 0.25) is 11.8 Å². The third kappa shape index (κ3) is 11.4. The van der Waals surface area contributed by atoms with Crippen LogP contribution in [0.5, 0.6) is 5.75 Å². The number of phenolic OH excluding ortho intramolecular Hbond substituents is 1. The molecule has 0 radical (unpaired) electrons. The van der Waals surface area contributed by atoms with Crippen molar-refractivity contribution in [2.45, 2.75) is 70.4 Å². The number of carboxylic acid groups (broad SMARTS) is 1. The number of aliphatic carboxylic acids is 1. The van der Waals surface area contributed by atoms with E-state index in [1.165, 1.54) is 24.6 Å². The van der Waals surface area contributed by atoms with E-state index < -0.39 is 72.4 Å². The Balaban J connectivity index is 1.53. The summed E-state index contributed by atoms with van der Waals surface area (Å²) >= 11 is 0. The lowest BCUT2D eigenvalue weighted by molar-refractivity contribution is -0.151. The minimum atomic E-state index is -1.46. The van der Waals surface area contributed by atoms with Gasteiger partial charge in [0.05, 0.1) is 6.04 Å². The smallest absolute Gasteiger partial charge is 0.325 e. The van der Waals surface area contributed by atoms with Crippen LogP contribution in [0, 0.1) is 5.92 Å². The number of benzene rings is 2. The second-order valence-electron chi connectivity index (χ2n) is 11.6. The highest BCUT2D eigenvalue weighted by molar-refractivity contribution is 5.98. The minimum Gasteiger partial charge on any atom is -0.508 e. The van der Waals surface area contributed by atoms with Gasteiger partial charge in [-0.25, -0.2) is 5.01 Å². The van der Waals surface area contributed by atoms with Gasteiger partial charge in [0.15, 0.2) is 12.2 Å². The molecule has 15 heteroatoms. The molecule has 0 spiro atoms. The number of nitrogens with one attached hydrogen (secondary N) is 4. The van der Waals surface area contributed by atoms with E-state index >= 15 is 0 Å². The molecule has 47 heavy (non-hydrogen) atoms. The lowest BCUT2D eigenvalue weighted by Crippen LogP contribution is -2.58. The molecule has 1 aliphatic heterocycles. The number of hydrogen-bond donors (Lipinski definition) is 7. The third-order valence-electron chi connectivity index (χ3n) is 7.38. The van der Waals surface area contributed by atoms with Gasteiger partial charge in [-0.3, -0.25) is 34.2 Å². The number of rotatable bonds is 17. The molecule has 1 saturated heterocycles. The van der Waals surface area contributed by atoms with Gasteiger partial charge in [-0.1, -0.05) is 56.3 Å². The number of aryl methyl sites for hydroxylation is 1. The van der Waals surface area contributed by atoms with E-state index in [2.05, 4.69) is 21.4 Å². The van der Waals surface area contributed by atoms with Crippen molar-refractivity contribution < 1.29 is 43.7 Å². The molecule has 1 heterocycles. The standard InChI is InChI=1S/C32H42N6O9/c1-18(2)25(34-15-7-10-20-8-5-4-6-9-20)30(44)35-19(3)29(43)37-38(17-24(40)41)32(46)27-26(47-27)31(45)36-23(28(33)42)16-21-11-13-22(39)14-12-21/h4-6,8-9,11-14,18-19,23,25-27,34,39H,7,10,15-17H2,1-3H3,(H2,33,42)(H,35,44)(H,36,45)(H,37,43)(H,40,41)/t19?,23?,25?,26-,27-/m0/s1. The second kappa shape index (κ2) is 17.1. The maximum atomic E-state index is 13.1. The van der Waals surface area contributed by atoms with Crippen LogP contribution >= 0.6 is 0 Å². The molecule has 2 aromatic rings. The van der Waals surface area contributed by atoms with Gasteiger partial charge in [-0.15, -0.1) is 0 Å². The number of hydrogen-bond acceptors (Lipinski definition) is 9. The Bertz CT molecular complexity index is 1420. The molecule has 3 unspecified atom stereocenters. The molecule has 1 fully saturated rings. The van der Waals surface area contributed by atoms with Gasteiger partial charge < -0.3 is 36.6 Å². The topological polar surface area (TPSA) is 233 Å². The molecule has 8 N–H and O–H groups in total. The van der Waals surface area contributed by atoms with Crippen LogP contribution < -0.4 is 27.1 Å². The number of amides is 5. The zero-order valence-corrected chi connectivity index (χ0v) is 26.5. The van der Waals surface area contributed by atoms with Crippen LogP contribution in [-0.4, -0.2) is 94.2 Å². The number of carbonyl (C=O) groups is 6. The molecule has 5 atom stereocenters. The molecule has 5 amide bonds. The van der Waals surface area contributed by atoms with Gasteiger partial charge in [0.25, 0.3) is 17.7 Å². The van der Waals surface area contributed by atoms with E-state index in [1.807, 2.05) is 44.2 Å². The maximum Gasteiger partial charge on any atom is 0.325 e. The van der Waals surface area contributed by atoms with E-state index in [-0.39, 0.29) is 18.1 Å². The zero-order chi connectivity index (χ0) is 34.7. The molecule has 0 aromatic heterocycles. The summed E-state index contributed by atoms with van der Waals surface area (Å²) in [6.07, 6.45) is -1.20. The molecule has 15 nitrogen and oxygen atoms in total. The fourth-order valence-electron chi connectivity index (χ4n) is 4.73. The highest BCUT2D eigenvalue weighted by atomic mass is 16.6. The van der Waals surface area contributed by atoms with Crippen LogP contribution in [0.25, 0.3) is 0 Å². The second-order valence-corrected chi connectivity index (χ2v) is 11.6. The van der Waals surface area contributed by atoms with E-state index in [0.717, 1.165) is 12.8 Å². The first-order chi connectivity index (χ1) is 22.3. The third-order valence-corrected chi connectivity index (χ3v) is 7.38. The van der Waals surface area contributed by atoms with E-state index in [1.54, 1.807) is 12.1 Å². The molecule has 2 aromatic carbocycles. The Kier molecular flexibility index (Phi) is 13.2. The summed E-state index contributed by atoms with van der Waals surface area (Å²) in [5, 5.41) is 27.5. The zero-order valence-electron chi connectivity index (χ0n) is 26.5. The predicted molar refractivity (Wildman–Crippen MR) is 168 cm³/mol. The summed E-state index contributed by atoms with van der Waals surface area (Å²) in [7, 11) is 0. The van der Waals surface area contributed by atoms with Crippen molar-refractivity contribution in [1.82, 2.24) is 26.4 Å². The summed E-state index contributed by atoms with van der Waals surface area (Å²) in [4.78, 5) is 75.2. The minimum absolute atomic E-state index is 0.00162. The lowest BCUT2D eigenvalue weighted by atomic mass is 10.0. The average Bonchev–Trinajstić information content (AvgIpc) is 3.82. The van der Waals surface area contributed by atoms with Gasteiger partial charge in [0.1, 0.15) is 24.4 Å². The predicted octanol–water partition coefficient (Wildman–Crippen LogP) is -0.632. The Hall–Kier alpha value is -5.02. The van der Waals surface area contributed by atoms with Crippen molar-refractivity contribution in [3.8, 4) is 5.75 Å². The quantitative estimate of drug-likeness (QED) is 0.0648. The fourth-order valence-corrected chi connectivity index (χ4v) is 4.73. The van der Waals surface area contributed by atoms with Gasteiger partial charge in [-0.05, 0) is 55.5 Å². The van der Waals surface area contributed by atoms with Crippen molar-refractivity contribution >= 4 is 35.5 Å². The summed E-state index contributed by atoms with van der Waals surface area (Å²) in [6.45, 7) is 4.69. The number of epoxide rings is 1. The normalized spacial score (nSPS) is 17.1. The van der Waals surface area contributed by atoms with Crippen LogP contribution in [-0.2, 0) is 46.3 Å². The Morgan fingerprint density at radius 1 is 0.894 bits per heavy atom. The number of ether oxygens (including phenoxy) is 1. The maximum absolute atomic E-state index is 13.1. The first-order valence-electron chi connectivity index (χ1n) is 15.2. The fraction of sp³-hybridized carbons (Fsp3) is 0.438. The molecule has 0 aliphatic carbocycles. The number of carbonyl (C=O) groups excluding carboxylic acids is 5. The molecule has 0 bridgehead atoms. The Morgan fingerprint density at radius 3 is 2.15 bits per heavy atom. The van der Waals surface area contributed by atoms with Crippen LogP contribution in [0.1, 0.15) is 38.3 Å². The number of nitrogens with two attached hydrogens (primary N) is 1. The molecular weight excluding hydrogens is 612 g/mol. The van der Waals surface area contributed by atoms with Crippen LogP contribution in [0.15, 0.2) is 54.6 Å². The average molecular weight is 655 g/mol. The first kappa shape index (κ1) is 36.4. The lowest BCUT2D eigenvalue weighted by Gasteiger charge is -2.26. The number of aromatic hydroxyl groups is 1. The number of carboxylic acids is 1. The van der Waals surface area contributed by atoms with Crippen molar-refractivity contribution in [1.29, 1.82) is 0 Å². The Labute approximate surface area is 272 Å². The van der Waals surface area contributed by atoms with Crippen molar-refractivity contribution in [2.75, 3.05) is 13.1 Å². The SMILES string of the molecule is CC(NC(=O)C(NCCCc1ccccc1)C(C)C)C(=O)NN(CC(=O)O)C(=O)[C@H]1O[C@@H]1C(=O)NC(Cc1ccc(O)cc1)C(N)=O. The summed E-state index contributed by atoms with van der Waals surface area (Å²) in [6, 6.07) is 12.9. The van der Waals surface area contributed by atoms with E-state index in [0.29, 0.717) is 17.1 Å². The van der Waals surface area contributed by atoms with E-state index in [4.69, 9.17) is 10.5 Å². The number of nitrogens with zero attached hydrogens (tertiary/aromatic N) is 1. The monoisotopic (exact) mass is 654 g/mol. The molecule has 3 rings (SSSR count). The molecule has 254 valence electrons. The highest BCUT2D eigenvalue weighted by Gasteiger charge is 2.53. The largest absolute Gasteiger partial charge is 0.508 e. The van der Waals surface area contributed by atoms with E-state index in [9.17, 15) is 39.0 Å². The van der Waals surface area contributed by atoms with Crippen molar-refractivity contribution in [2.24, 2.45) is 11.7 Å². The number of phenols is 1. The number of primary amides is 1. The summed E-state index contributed by atoms with van der Waals surface area (Å²) < 4.78 is 5.18. The van der Waals surface area contributed by atoms with Gasteiger partial charge in [0, 0.05) is 6.42 Å². The first-order valence-corrected chi connectivity index (χ1v) is 15.2. The number of hydrazine groups is 1. The molecule has 0 saturated carbocycles. The van der Waals surface area contributed by atoms with Gasteiger partial charge >= 0.3 is 5.97 Å². The van der Waals surface area contributed by atoms with Crippen molar-refractivity contribution in [3.05, 3.63) is 65.7 Å². The van der Waals surface area contributed by atoms with Crippen LogP contribution in [0.2, 0.25) is 0 Å².